The lowest BCUT2D eigenvalue weighted by Crippen LogP contribution is -2.75. The van der Waals surface area contributed by atoms with Crippen LogP contribution in [0.3, 0.4) is 0 Å². The Labute approximate surface area is 417 Å². The molecule has 0 aromatic heterocycles. The monoisotopic (exact) mass is 967 g/mol. The van der Waals surface area contributed by atoms with Crippen molar-refractivity contribution in [1.29, 1.82) is 0 Å². The van der Waals surface area contributed by atoms with E-state index in [1.165, 1.54) is 31.1 Å². The van der Waals surface area contributed by atoms with E-state index in [2.05, 4.69) is 248 Å². The van der Waals surface area contributed by atoms with Gasteiger partial charge >= 0.3 is 7.75 Å². The van der Waals surface area contributed by atoms with Gasteiger partial charge in [-0.15, -0.1) is 0 Å². The summed E-state index contributed by atoms with van der Waals surface area (Å²) >= 11 is 0. The molecule has 12 rings (SSSR count). The van der Waals surface area contributed by atoms with Gasteiger partial charge in [0.15, 0.2) is 16.1 Å². The average molecular weight is 968 g/mol. The Morgan fingerprint density at radius 2 is 0.634 bits per heavy atom. The number of rotatable bonds is 10. The number of nitrogens with one attached hydrogen (secondary N) is 1. The first-order valence-corrected chi connectivity index (χ1v) is 29.7. The van der Waals surface area contributed by atoms with Gasteiger partial charge in [0.05, 0.1) is 5.69 Å². The summed E-state index contributed by atoms with van der Waals surface area (Å²) in [4.78, 5) is 0. The lowest BCUT2D eigenvalue weighted by molar-refractivity contribution is 0.400. The molecule has 0 unspecified atom stereocenters. The van der Waals surface area contributed by atoms with Gasteiger partial charge in [-0.2, -0.15) is 0 Å². The molecule has 7 heteroatoms. The highest BCUT2D eigenvalue weighted by Gasteiger charge is 2.51. The Bertz CT molecular complexity index is 3350. The molecule has 11 aromatic carbocycles. The predicted octanol–water partition coefficient (Wildman–Crippen LogP) is 11.0. The van der Waals surface area contributed by atoms with Gasteiger partial charge in [-0.25, -0.2) is 4.57 Å². The van der Waals surface area contributed by atoms with Crippen LogP contribution in [-0.2, 0) is 4.57 Å². The van der Waals surface area contributed by atoms with E-state index in [0.717, 1.165) is 54.2 Å². The number of fused-ring (bicyclic) bond motifs is 7. The molecule has 71 heavy (non-hydrogen) atoms. The Morgan fingerprint density at radius 3 is 0.944 bits per heavy atom. The summed E-state index contributed by atoms with van der Waals surface area (Å²) in [7, 11) is -11.3. The molecule has 0 spiro atoms. The van der Waals surface area contributed by atoms with Gasteiger partial charge in [0, 0.05) is 11.1 Å². The summed E-state index contributed by atoms with van der Waals surface area (Å²) in [5.41, 5.74) is 4.27. The summed E-state index contributed by atoms with van der Waals surface area (Å²) < 4.78 is 32.5. The SMILES string of the molecule is Cc1cccc(C)c1NP1(=O)Oc2c([Si](c3ccccc3)(c3ccccc3)c3ccccc3)cc3ccccc3c2-c2c(c([Si](c3ccccc3)(c3ccccc3)c3ccccc3)cc3ccccc23)O1. The van der Waals surface area contributed by atoms with Gasteiger partial charge in [0.1, 0.15) is 11.5 Å². The number of aryl methyl sites for hydroxylation is 2. The summed E-state index contributed by atoms with van der Waals surface area (Å²) in [5, 5.41) is 16.6. The second-order valence-corrected chi connectivity index (χ2v) is 27.6. The lowest BCUT2D eigenvalue weighted by atomic mass is 9.92. The van der Waals surface area contributed by atoms with Crippen molar-refractivity contribution in [3.05, 3.63) is 272 Å². The van der Waals surface area contributed by atoms with Crippen LogP contribution in [0.5, 0.6) is 11.5 Å². The van der Waals surface area contributed by atoms with Crippen LogP contribution in [0.25, 0.3) is 32.7 Å². The Hall–Kier alpha value is -8.00. The standard InChI is InChI=1S/C64H50NO3PSi2/c1-46-26-25-27-47(2)62(46)65-69(66)67-63-58(70(50-30-9-3-10-31-50,51-32-11-4-12-33-51)52-34-13-5-14-35-52)44-48-28-21-23-42-56(48)60(63)61-57-43-24-22-29-49(57)45-59(64(61)68-69)71(53-36-15-6-16-37-53,54-38-17-7-18-39-54)55-40-19-8-20-41-55/h3-45H,1-2H3,(H,65,66). The van der Waals surface area contributed by atoms with Crippen LogP contribution in [0.1, 0.15) is 11.1 Å². The Morgan fingerprint density at radius 1 is 0.352 bits per heavy atom. The molecule has 0 atom stereocenters. The number of benzene rings is 11. The largest absolute Gasteiger partial charge is 0.541 e. The quantitative estimate of drug-likeness (QED) is 0.0843. The van der Waals surface area contributed by atoms with E-state index >= 15 is 4.57 Å². The highest BCUT2D eigenvalue weighted by molar-refractivity contribution is 7.56. The van der Waals surface area contributed by atoms with Crippen LogP contribution in [0.2, 0.25) is 0 Å². The number of hydrogen-bond donors (Lipinski definition) is 1. The zero-order chi connectivity index (χ0) is 48.0. The first kappa shape index (κ1) is 44.2. The van der Waals surface area contributed by atoms with E-state index in [1.807, 2.05) is 32.0 Å². The van der Waals surface area contributed by atoms with Crippen molar-refractivity contribution in [2.75, 3.05) is 5.09 Å². The van der Waals surface area contributed by atoms with Crippen LogP contribution in [-0.4, -0.2) is 16.1 Å². The molecule has 0 fully saturated rings. The minimum Gasteiger partial charge on any atom is -0.400 e. The highest BCUT2D eigenvalue weighted by atomic mass is 31.2. The van der Waals surface area contributed by atoms with Gasteiger partial charge in [-0.3, -0.25) is 5.09 Å². The van der Waals surface area contributed by atoms with Gasteiger partial charge in [-0.1, -0.05) is 261 Å². The average Bonchev–Trinajstić information content (AvgIpc) is 3.57. The third kappa shape index (κ3) is 7.29. The fraction of sp³-hybridized carbons (Fsp3) is 0.0312. The molecule has 1 heterocycles. The third-order valence-electron chi connectivity index (χ3n) is 14.5. The molecule has 0 aliphatic carbocycles. The lowest BCUT2D eigenvalue weighted by Gasteiger charge is -2.36. The third-order valence-corrected chi connectivity index (χ3v) is 25.4. The topological polar surface area (TPSA) is 47.6 Å². The Kier molecular flexibility index (Phi) is 11.3. The highest BCUT2D eigenvalue weighted by Crippen LogP contribution is 2.58. The summed E-state index contributed by atoms with van der Waals surface area (Å²) in [5.74, 6) is 1.09. The van der Waals surface area contributed by atoms with Crippen molar-refractivity contribution in [2.45, 2.75) is 13.8 Å². The van der Waals surface area contributed by atoms with E-state index < -0.39 is 23.9 Å². The van der Waals surface area contributed by atoms with Crippen molar-refractivity contribution in [3.8, 4) is 22.6 Å². The molecule has 0 amide bonds. The van der Waals surface area contributed by atoms with Crippen molar-refractivity contribution >= 4 is 92.6 Å². The van der Waals surface area contributed by atoms with Crippen molar-refractivity contribution in [2.24, 2.45) is 0 Å². The van der Waals surface area contributed by atoms with E-state index in [1.54, 1.807) is 0 Å². The minimum atomic E-state index is -4.50. The van der Waals surface area contributed by atoms with Crippen molar-refractivity contribution in [3.63, 3.8) is 0 Å². The van der Waals surface area contributed by atoms with Crippen LogP contribution < -0.4 is 55.6 Å². The molecule has 0 bridgehead atoms. The van der Waals surface area contributed by atoms with Crippen LogP contribution in [0.4, 0.5) is 5.69 Å². The molecule has 11 aromatic rings. The van der Waals surface area contributed by atoms with Crippen molar-refractivity contribution in [1.82, 2.24) is 0 Å². The van der Waals surface area contributed by atoms with Crippen LogP contribution in [0.15, 0.2) is 261 Å². The molecule has 0 saturated carbocycles. The van der Waals surface area contributed by atoms with Gasteiger partial charge in [0.25, 0.3) is 0 Å². The van der Waals surface area contributed by atoms with Crippen LogP contribution in [0, 0.1) is 13.8 Å². The summed E-state index contributed by atoms with van der Waals surface area (Å²) in [6, 6.07) is 93.2. The van der Waals surface area contributed by atoms with Crippen molar-refractivity contribution < 1.29 is 13.6 Å². The zero-order valence-electron chi connectivity index (χ0n) is 39.5. The second-order valence-electron chi connectivity index (χ2n) is 18.5. The van der Waals surface area contributed by atoms with Gasteiger partial charge < -0.3 is 9.05 Å². The first-order valence-electron chi connectivity index (χ1n) is 24.2. The predicted molar refractivity (Wildman–Crippen MR) is 303 cm³/mol. The molecule has 1 aliphatic heterocycles. The molecule has 1 aliphatic rings. The number of anilines is 1. The maximum absolute atomic E-state index is 17.2. The van der Waals surface area contributed by atoms with E-state index in [4.69, 9.17) is 9.05 Å². The second kappa shape index (κ2) is 18.1. The molecule has 0 radical (unpaired) electrons. The molecular weight excluding hydrogens is 918 g/mol. The first-order chi connectivity index (χ1) is 34.9. The van der Waals surface area contributed by atoms with E-state index in [0.29, 0.717) is 17.2 Å². The fourth-order valence-corrected chi connectivity index (χ4v) is 23.0. The van der Waals surface area contributed by atoms with Gasteiger partial charge in [-0.05, 0) is 88.0 Å². The molecule has 0 saturated heterocycles. The summed E-state index contributed by atoms with van der Waals surface area (Å²) in [6.45, 7) is 4.07. The normalized spacial score (nSPS) is 13.0. The molecular formula is C64H50NO3PSi2. The zero-order valence-corrected chi connectivity index (χ0v) is 42.4. The smallest absolute Gasteiger partial charge is 0.400 e. The maximum Gasteiger partial charge on any atom is 0.541 e. The molecule has 1 N–H and O–H groups in total. The van der Waals surface area contributed by atoms with E-state index in [-0.39, 0.29) is 0 Å². The number of hydrogen-bond acceptors (Lipinski definition) is 3. The van der Waals surface area contributed by atoms with E-state index in [9.17, 15) is 0 Å². The maximum atomic E-state index is 17.2. The summed E-state index contributed by atoms with van der Waals surface area (Å²) in [6.07, 6.45) is 0. The van der Waals surface area contributed by atoms with Crippen LogP contribution >= 0.6 is 7.75 Å². The molecule has 342 valence electrons. The Balaban J connectivity index is 1.33. The minimum absolute atomic E-state index is 0.543. The molecule has 4 nitrogen and oxygen atoms in total. The fourth-order valence-electron chi connectivity index (χ4n) is 11.4. The van der Waals surface area contributed by atoms with Gasteiger partial charge in [0.2, 0.25) is 0 Å². The number of para-hydroxylation sites is 1.